The first-order valence-corrected chi connectivity index (χ1v) is 12.1. The fourth-order valence-corrected chi connectivity index (χ4v) is 4.40. The van der Waals surface area contributed by atoms with Gasteiger partial charge in [-0.15, -0.1) is 11.6 Å². The Hall–Kier alpha value is -0.390. The van der Waals surface area contributed by atoms with Crippen LogP contribution in [-0.2, 0) is 0 Å². The molecule has 0 atom stereocenters. The van der Waals surface area contributed by atoms with Gasteiger partial charge >= 0.3 is 0 Å². The van der Waals surface area contributed by atoms with Crippen LogP contribution < -0.4 is 9.47 Å². The SMILES string of the molecule is CCSCCCOc1ccc(Sc2ccc(OCCCCl)c(Cl)c2)cc1Cl. The summed E-state index contributed by atoms with van der Waals surface area (Å²) in [4.78, 5) is 2.05. The molecule has 0 radical (unpaired) electrons. The Morgan fingerprint density at radius 1 is 0.852 bits per heavy atom. The second-order valence-electron chi connectivity index (χ2n) is 5.58. The number of thioether (sulfide) groups is 1. The molecule has 0 aromatic heterocycles. The number of rotatable bonds is 12. The van der Waals surface area contributed by atoms with Gasteiger partial charge in [0.05, 0.1) is 23.3 Å². The molecule has 0 bridgehead atoms. The van der Waals surface area contributed by atoms with Gasteiger partial charge in [0, 0.05) is 15.7 Å². The second kappa shape index (κ2) is 12.9. The Balaban J connectivity index is 1.91. The molecule has 0 aliphatic heterocycles. The molecule has 0 amide bonds. The van der Waals surface area contributed by atoms with Crippen molar-refractivity contribution in [3.05, 3.63) is 46.4 Å². The van der Waals surface area contributed by atoms with E-state index in [-0.39, 0.29) is 0 Å². The van der Waals surface area contributed by atoms with Gasteiger partial charge in [-0.2, -0.15) is 11.8 Å². The maximum atomic E-state index is 6.36. The van der Waals surface area contributed by atoms with E-state index in [1.165, 1.54) is 0 Å². The molecule has 0 heterocycles. The summed E-state index contributed by atoms with van der Waals surface area (Å²) in [6.45, 7) is 3.40. The molecule has 0 N–H and O–H groups in total. The average molecular weight is 466 g/mol. The molecule has 0 saturated carbocycles. The Morgan fingerprint density at radius 3 is 1.89 bits per heavy atom. The lowest BCUT2D eigenvalue weighted by Gasteiger charge is -2.11. The first kappa shape index (κ1) is 22.9. The zero-order valence-electron chi connectivity index (χ0n) is 15.2. The van der Waals surface area contributed by atoms with Gasteiger partial charge in [-0.25, -0.2) is 0 Å². The zero-order chi connectivity index (χ0) is 19.5. The average Bonchev–Trinajstić information content (AvgIpc) is 2.65. The number of halogens is 3. The predicted octanol–water partition coefficient (Wildman–Crippen LogP) is 7.67. The van der Waals surface area contributed by atoms with E-state index in [0.29, 0.717) is 34.9 Å². The Bertz CT molecular complexity index is 714. The summed E-state index contributed by atoms with van der Waals surface area (Å²) in [6.07, 6.45) is 1.81. The van der Waals surface area contributed by atoms with Crippen molar-refractivity contribution in [1.82, 2.24) is 0 Å². The van der Waals surface area contributed by atoms with Gasteiger partial charge < -0.3 is 9.47 Å². The van der Waals surface area contributed by atoms with Crippen molar-refractivity contribution in [3.8, 4) is 11.5 Å². The molecule has 0 unspecified atom stereocenters. The highest BCUT2D eigenvalue weighted by molar-refractivity contribution is 7.99. The third-order valence-corrected chi connectivity index (χ3v) is 6.30. The van der Waals surface area contributed by atoms with Gasteiger partial charge in [0.1, 0.15) is 11.5 Å². The molecule has 2 nitrogen and oxygen atoms in total. The van der Waals surface area contributed by atoms with Crippen LogP contribution in [0.4, 0.5) is 0 Å². The number of alkyl halides is 1. The van der Waals surface area contributed by atoms with Crippen LogP contribution in [-0.4, -0.2) is 30.6 Å². The van der Waals surface area contributed by atoms with Crippen molar-refractivity contribution in [2.45, 2.75) is 29.6 Å². The van der Waals surface area contributed by atoms with Crippen molar-refractivity contribution in [3.63, 3.8) is 0 Å². The predicted molar refractivity (Wildman–Crippen MR) is 121 cm³/mol. The first-order chi connectivity index (χ1) is 13.1. The highest BCUT2D eigenvalue weighted by atomic mass is 35.5. The lowest BCUT2D eigenvalue weighted by atomic mass is 10.3. The molecular weight excluding hydrogens is 443 g/mol. The standard InChI is InChI=1S/C20H23Cl3O2S2/c1-2-26-12-4-11-25-20-8-6-16(14-18(20)23)27-15-5-7-19(17(22)13-15)24-10-3-9-21/h5-8,13-14H,2-4,9-12H2,1H3. The van der Waals surface area contributed by atoms with Gasteiger partial charge in [0.25, 0.3) is 0 Å². The van der Waals surface area contributed by atoms with Gasteiger partial charge in [-0.1, -0.05) is 41.9 Å². The molecule has 7 heteroatoms. The molecule has 0 spiro atoms. The van der Waals surface area contributed by atoms with Gasteiger partial charge in [0.2, 0.25) is 0 Å². The van der Waals surface area contributed by atoms with E-state index in [1.807, 2.05) is 48.2 Å². The van der Waals surface area contributed by atoms with Crippen LogP contribution in [0.15, 0.2) is 46.2 Å². The van der Waals surface area contributed by atoms with Crippen LogP contribution >= 0.6 is 58.3 Å². The van der Waals surface area contributed by atoms with E-state index in [9.17, 15) is 0 Å². The molecule has 0 saturated heterocycles. The smallest absolute Gasteiger partial charge is 0.137 e. The summed E-state index contributed by atoms with van der Waals surface area (Å²) in [5.74, 6) is 4.22. The molecule has 27 heavy (non-hydrogen) atoms. The van der Waals surface area contributed by atoms with E-state index in [4.69, 9.17) is 44.3 Å². The van der Waals surface area contributed by atoms with Crippen molar-refractivity contribution in [2.24, 2.45) is 0 Å². The van der Waals surface area contributed by atoms with Crippen LogP contribution in [0.5, 0.6) is 11.5 Å². The molecule has 2 rings (SSSR count). The number of hydrogen-bond donors (Lipinski definition) is 0. The van der Waals surface area contributed by atoms with Crippen LogP contribution in [0.2, 0.25) is 10.0 Å². The lowest BCUT2D eigenvalue weighted by Crippen LogP contribution is -1.99. The molecule has 0 fully saturated rings. The quantitative estimate of drug-likeness (QED) is 0.236. The molecule has 148 valence electrons. The van der Waals surface area contributed by atoms with E-state index >= 15 is 0 Å². The molecule has 0 aliphatic rings. The minimum atomic E-state index is 0.559. The third-order valence-electron chi connectivity index (χ3n) is 3.47. The largest absolute Gasteiger partial charge is 0.492 e. The normalized spacial score (nSPS) is 10.8. The summed E-state index contributed by atoms with van der Waals surface area (Å²) >= 11 is 21.8. The van der Waals surface area contributed by atoms with Crippen LogP contribution in [0.3, 0.4) is 0 Å². The summed E-state index contributed by atoms with van der Waals surface area (Å²) in [6, 6.07) is 11.6. The maximum Gasteiger partial charge on any atom is 0.137 e. The van der Waals surface area contributed by atoms with Crippen molar-refractivity contribution < 1.29 is 9.47 Å². The maximum absolute atomic E-state index is 6.36. The summed E-state index contributed by atoms with van der Waals surface area (Å²) in [5.41, 5.74) is 0. The van der Waals surface area contributed by atoms with Gasteiger partial charge in [0.15, 0.2) is 0 Å². The molecule has 0 aliphatic carbocycles. The Morgan fingerprint density at radius 2 is 1.41 bits per heavy atom. The minimum Gasteiger partial charge on any atom is -0.492 e. The van der Waals surface area contributed by atoms with E-state index in [1.54, 1.807) is 11.8 Å². The second-order valence-corrected chi connectivity index (χ2v) is 9.31. The number of hydrogen-bond acceptors (Lipinski definition) is 4. The fraction of sp³-hybridized carbons (Fsp3) is 0.400. The van der Waals surface area contributed by atoms with E-state index < -0.39 is 0 Å². The Labute approximate surface area is 185 Å². The van der Waals surface area contributed by atoms with Crippen molar-refractivity contribution in [1.29, 1.82) is 0 Å². The monoisotopic (exact) mass is 464 g/mol. The summed E-state index contributed by atoms with van der Waals surface area (Å²) in [5, 5.41) is 1.21. The van der Waals surface area contributed by atoms with Crippen LogP contribution in [0.25, 0.3) is 0 Å². The van der Waals surface area contributed by atoms with Gasteiger partial charge in [-0.3, -0.25) is 0 Å². The highest BCUT2D eigenvalue weighted by Gasteiger charge is 2.08. The van der Waals surface area contributed by atoms with Gasteiger partial charge in [-0.05, 0) is 60.7 Å². The topological polar surface area (TPSA) is 18.5 Å². The van der Waals surface area contributed by atoms with Crippen molar-refractivity contribution >= 4 is 58.3 Å². The minimum absolute atomic E-state index is 0.559. The third kappa shape index (κ3) is 8.25. The van der Waals surface area contributed by atoms with Crippen LogP contribution in [0, 0.1) is 0 Å². The van der Waals surface area contributed by atoms with Crippen LogP contribution in [0.1, 0.15) is 19.8 Å². The van der Waals surface area contributed by atoms with Crippen molar-refractivity contribution in [2.75, 3.05) is 30.6 Å². The molecular formula is C20H23Cl3O2S2. The lowest BCUT2D eigenvalue weighted by molar-refractivity contribution is 0.318. The highest BCUT2D eigenvalue weighted by Crippen LogP contribution is 2.36. The molecule has 2 aromatic carbocycles. The molecule has 2 aromatic rings. The van der Waals surface area contributed by atoms with E-state index in [2.05, 4.69) is 6.92 Å². The van der Waals surface area contributed by atoms with E-state index in [0.717, 1.165) is 39.9 Å². The Kier molecular flexibility index (Phi) is 11.0. The summed E-state index contributed by atoms with van der Waals surface area (Å²) < 4.78 is 11.4. The zero-order valence-corrected chi connectivity index (χ0v) is 19.1. The fourth-order valence-electron chi connectivity index (χ4n) is 2.18. The number of benzene rings is 2. The first-order valence-electron chi connectivity index (χ1n) is 8.80. The summed E-state index contributed by atoms with van der Waals surface area (Å²) in [7, 11) is 0. The number of ether oxygens (including phenoxy) is 2.